The highest BCUT2D eigenvalue weighted by Crippen LogP contribution is 2.54. The molecule has 0 N–H and O–H groups in total. The fraction of sp³-hybridized carbons (Fsp3) is 0.0588. The normalized spacial score (nSPS) is 12.2. The fourth-order valence-corrected chi connectivity index (χ4v) is 23.2. The van der Waals surface area contributed by atoms with E-state index in [1.807, 2.05) is 0 Å². The minimum atomic E-state index is -0.0300. The van der Waals surface area contributed by atoms with Crippen LogP contribution in [0.25, 0.3) is 271 Å². The zero-order valence-electron chi connectivity index (χ0n) is 76.9. The maximum atomic E-state index is 2.52. The smallest absolute Gasteiger partial charge is 0.00198 e. The molecule has 0 aromatic heterocycles. The summed E-state index contributed by atoms with van der Waals surface area (Å²) in [6.45, 7) is 14.0. The van der Waals surface area contributed by atoms with Gasteiger partial charge in [-0.05, 0) is 342 Å². The molecule has 0 unspecified atom stereocenters. The Kier molecular flexibility index (Phi) is 18.6. The van der Waals surface area contributed by atoms with Crippen molar-refractivity contribution in [2.24, 2.45) is 0 Å². The van der Waals surface area contributed by atoms with E-state index in [0.717, 1.165) is 0 Å². The van der Waals surface area contributed by atoms with Crippen LogP contribution in [0.5, 0.6) is 0 Å². The second kappa shape index (κ2) is 31.5. The topological polar surface area (TPSA) is 0 Å². The number of benzene rings is 28. The minimum Gasteiger partial charge on any atom is -0.0616 e. The number of rotatable bonds is 5. The summed E-state index contributed by atoms with van der Waals surface area (Å²) in [5, 5.41) is 51.9. The predicted molar refractivity (Wildman–Crippen MR) is 594 cm³/mol. The van der Waals surface area contributed by atoms with E-state index in [1.165, 1.54) is 282 Å². The van der Waals surface area contributed by atoms with E-state index >= 15 is 0 Å². The van der Waals surface area contributed by atoms with Gasteiger partial charge in [0.25, 0.3) is 0 Å². The van der Waals surface area contributed by atoms with Crippen LogP contribution in [0.2, 0.25) is 0 Å². The molecule has 638 valence electrons. The first-order valence-electron chi connectivity index (χ1n) is 47.9. The van der Waals surface area contributed by atoms with Gasteiger partial charge in [0.1, 0.15) is 0 Å². The van der Waals surface area contributed by atoms with Gasteiger partial charge in [0.15, 0.2) is 0 Å². The summed E-state index contributed by atoms with van der Waals surface area (Å²) < 4.78 is 0. The molecule has 0 fully saturated rings. The van der Waals surface area contributed by atoms with Gasteiger partial charge in [-0.1, -0.05) is 454 Å². The Morgan fingerprint density at radius 3 is 0.522 bits per heavy atom. The molecule has 28 aromatic carbocycles. The molecule has 0 heterocycles. The molecular formula is C136H94. The average Bonchev–Trinajstić information content (AvgIpc) is 0.695. The van der Waals surface area contributed by atoms with E-state index < -0.39 is 0 Å². The van der Waals surface area contributed by atoms with Gasteiger partial charge in [-0.25, -0.2) is 0 Å². The highest BCUT2D eigenvalue weighted by atomic mass is 14.3. The van der Waals surface area contributed by atoms with Crippen molar-refractivity contribution in [2.45, 2.75) is 52.4 Å². The van der Waals surface area contributed by atoms with Crippen LogP contribution in [0.1, 0.15) is 52.7 Å². The molecule has 0 amide bonds. The maximum absolute atomic E-state index is 2.52. The third-order valence-electron chi connectivity index (χ3n) is 29.7. The maximum Gasteiger partial charge on any atom is -0.00198 e. The van der Waals surface area contributed by atoms with Crippen molar-refractivity contribution in [2.75, 3.05) is 0 Å². The zero-order chi connectivity index (χ0) is 90.8. The SMILES string of the molecule is CC(C)(C)c1ccc2c(-c3cc4ccc5ccccc5c4c4ccccc34)c3cc(C(C)(C)C)ccc3c(-c3cc4ccc5ccccc5c4c4ccccc34)c2c1.c1ccc2c(c1)ccc1cc(-c3cc4ccc5ccccc5c4c4ccccc34)c3ccccc3c12.c1ccc2c(c1)ccc1cc(-c3ccc(-c4cc5ccc6ccccc6c5c5ccccc45)cc3)c3ccccc3c12. The molecule has 0 atom stereocenters. The molecule has 28 aromatic rings. The summed E-state index contributed by atoms with van der Waals surface area (Å²) in [5.74, 6) is 0. The van der Waals surface area contributed by atoms with Crippen LogP contribution < -0.4 is 0 Å². The number of hydrogen-bond acceptors (Lipinski definition) is 0. The fourth-order valence-electron chi connectivity index (χ4n) is 23.2. The van der Waals surface area contributed by atoms with Gasteiger partial charge in [0, 0.05) is 0 Å². The average molecular weight is 1730 g/mol. The lowest BCUT2D eigenvalue weighted by Gasteiger charge is -2.26. The van der Waals surface area contributed by atoms with Gasteiger partial charge >= 0.3 is 0 Å². The van der Waals surface area contributed by atoms with E-state index in [9.17, 15) is 0 Å². The van der Waals surface area contributed by atoms with Crippen molar-refractivity contribution in [3.05, 3.63) is 472 Å². The van der Waals surface area contributed by atoms with E-state index in [0.29, 0.717) is 0 Å². The van der Waals surface area contributed by atoms with Gasteiger partial charge in [0.05, 0.1) is 0 Å². The van der Waals surface area contributed by atoms with Gasteiger partial charge in [-0.15, -0.1) is 0 Å². The second-order valence-electron chi connectivity index (χ2n) is 39.5. The standard InChI is InChI=1S/C58H46.C42H26.C36H22/c1-57(2,3)39-27-29-47-51(33-39)55(49-31-37-25-23-35-15-7-9-17-41(35)53(37)45-21-13-11-19-43(45)49)48-30-28-40(58(4,5)6)34-52(48)56(47)50-32-38-26-24-36-16-8-10-18-42(36)54(38)46-22-14-12-20-44(46)50;1-3-11-33-27(9-1)21-23-31-25-39(35-13-5-7-15-37(35)41(31)33)29-17-19-30(20-18-29)40-26-32-24-22-28-10-2-4-12-34(28)42(32)38-16-8-6-14-36(38)40;1-3-11-27-23(9-1)17-19-25-21-33(29-13-5-7-15-31(29)35(25)27)34-22-26-20-18-24-10-2-4-12-28(24)36(26)32-16-8-6-14-30(32)34/h7-34H,1-6H3;1-26H;1-22H. The Bertz CT molecular complexity index is 9370. The van der Waals surface area contributed by atoms with Crippen molar-refractivity contribution in [3.8, 4) is 55.6 Å². The summed E-state index contributed by atoms with van der Waals surface area (Å²) in [4.78, 5) is 0. The molecule has 136 heavy (non-hydrogen) atoms. The van der Waals surface area contributed by atoms with Gasteiger partial charge < -0.3 is 0 Å². The molecule has 28 rings (SSSR count). The molecule has 0 bridgehead atoms. The summed E-state index contributed by atoms with van der Waals surface area (Å²) in [6, 6.07) is 172. The van der Waals surface area contributed by atoms with Crippen LogP contribution in [0.15, 0.2) is 461 Å². The van der Waals surface area contributed by atoms with Crippen molar-refractivity contribution in [1.82, 2.24) is 0 Å². The van der Waals surface area contributed by atoms with Crippen LogP contribution in [0.3, 0.4) is 0 Å². The lowest BCUT2D eigenvalue weighted by atomic mass is 9.78. The van der Waals surface area contributed by atoms with Gasteiger partial charge in [-0.2, -0.15) is 0 Å². The Labute approximate surface area is 789 Å². The zero-order valence-corrected chi connectivity index (χ0v) is 76.9. The molecule has 0 aliphatic carbocycles. The third-order valence-corrected chi connectivity index (χ3v) is 29.7. The van der Waals surface area contributed by atoms with Gasteiger partial charge in [0.2, 0.25) is 0 Å². The van der Waals surface area contributed by atoms with Crippen molar-refractivity contribution in [3.63, 3.8) is 0 Å². The first-order valence-corrected chi connectivity index (χ1v) is 47.9. The lowest BCUT2D eigenvalue weighted by molar-refractivity contribution is 0.590. The summed E-state index contributed by atoms with van der Waals surface area (Å²) in [7, 11) is 0. The highest BCUT2D eigenvalue weighted by Gasteiger charge is 2.28. The highest BCUT2D eigenvalue weighted by molar-refractivity contribution is 6.34. The molecule has 0 spiro atoms. The molecule has 0 heteroatoms. The van der Waals surface area contributed by atoms with E-state index in [2.05, 4.69) is 503 Å². The molecule has 0 nitrogen and oxygen atoms in total. The van der Waals surface area contributed by atoms with E-state index in [1.54, 1.807) is 0 Å². The minimum absolute atomic E-state index is 0.0300. The quantitative estimate of drug-likeness (QED) is 0.119. The summed E-state index contributed by atoms with van der Waals surface area (Å²) >= 11 is 0. The van der Waals surface area contributed by atoms with E-state index in [-0.39, 0.29) is 10.8 Å². The predicted octanol–water partition coefficient (Wildman–Crippen LogP) is 39.1. The number of fused-ring (bicyclic) bond motifs is 32. The third kappa shape index (κ3) is 13.0. The second-order valence-corrected chi connectivity index (χ2v) is 39.5. The summed E-state index contributed by atoms with van der Waals surface area (Å²) in [6.07, 6.45) is 0. The number of hydrogen-bond donors (Lipinski definition) is 0. The molecule has 0 saturated heterocycles. The first-order chi connectivity index (χ1) is 66.7. The molecular weight excluding hydrogens is 1630 g/mol. The summed E-state index contributed by atoms with van der Waals surface area (Å²) in [5.41, 5.74) is 15.4. The Morgan fingerprint density at radius 1 is 0.118 bits per heavy atom. The van der Waals surface area contributed by atoms with Crippen LogP contribution in [0.4, 0.5) is 0 Å². The Morgan fingerprint density at radius 2 is 0.294 bits per heavy atom. The Hall–Kier alpha value is -16.6. The van der Waals surface area contributed by atoms with Crippen molar-refractivity contribution < 1.29 is 0 Å². The van der Waals surface area contributed by atoms with Crippen molar-refractivity contribution >= 4 is 215 Å². The lowest BCUT2D eigenvalue weighted by Crippen LogP contribution is -2.11. The molecule has 0 saturated carbocycles. The van der Waals surface area contributed by atoms with Crippen LogP contribution in [0, 0.1) is 0 Å². The molecule has 0 radical (unpaired) electrons. The van der Waals surface area contributed by atoms with Crippen molar-refractivity contribution in [1.29, 1.82) is 0 Å². The first kappa shape index (κ1) is 80.2. The molecule has 0 aliphatic heterocycles. The monoisotopic (exact) mass is 1730 g/mol. The Balaban J connectivity index is 0.000000109. The van der Waals surface area contributed by atoms with E-state index in [4.69, 9.17) is 0 Å². The van der Waals surface area contributed by atoms with Crippen LogP contribution >= 0.6 is 0 Å². The largest absolute Gasteiger partial charge is 0.0616 e. The molecule has 0 aliphatic rings. The van der Waals surface area contributed by atoms with Gasteiger partial charge in [-0.3, -0.25) is 0 Å². The van der Waals surface area contributed by atoms with Crippen LogP contribution in [-0.4, -0.2) is 0 Å². The van der Waals surface area contributed by atoms with Crippen LogP contribution in [-0.2, 0) is 10.8 Å².